The summed E-state index contributed by atoms with van der Waals surface area (Å²) >= 11 is 0. The van der Waals surface area contributed by atoms with Crippen molar-refractivity contribution >= 4 is 35.0 Å². The van der Waals surface area contributed by atoms with E-state index in [0.29, 0.717) is 47.6 Å². The molecule has 2 aromatic carbocycles. The SMILES string of the molecule is C=C1C[C@H]2CCc3cc(OCCP(=O)(CCOc4cc5c(cc4OC)C(=O)N4CC(=C)C[C@H]4C(S(=O)(=O)O)C5)NCCC(=O)CC)c(OC)cc3C(=O)N2C1. The van der Waals surface area contributed by atoms with E-state index in [1.807, 2.05) is 11.0 Å². The number of amides is 2. The molecular weight excluding hydrogens is 749 g/mol. The van der Waals surface area contributed by atoms with Crippen LogP contribution < -0.4 is 24.0 Å². The summed E-state index contributed by atoms with van der Waals surface area (Å²) in [5.74, 6) is 0.838. The van der Waals surface area contributed by atoms with Gasteiger partial charge in [0.05, 0.1) is 33.5 Å². The Morgan fingerprint density at radius 1 is 0.873 bits per heavy atom. The summed E-state index contributed by atoms with van der Waals surface area (Å²) < 4.78 is 73.1. The highest BCUT2D eigenvalue weighted by Crippen LogP contribution is 2.43. The number of benzene rings is 2. The van der Waals surface area contributed by atoms with Gasteiger partial charge in [-0.15, -0.1) is 0 Å². The number of carbonyl (C=O) groups excluding carboxylic acids is 3. The van der Waals surface area contributed by atoms with Crippen molar-refractivity contribution in [1.29, 1.82) is 0 Å². The van der Waals surface area contributed by atoms with E-state index in [4.69, 9.17) is 18.9 Å². The van der Waals surface area contributed by atoms with Crippen LogP contribution in [0.25, 0.3) is 0 Å². The number of carbonyl (C=O) groups is 3. The molecular formula is C39H50N3O11PS. The summed E-state index contributed by atoms with van der Waals surface area (Å²) in [5, 5.41) is 1.84. The summed E-state index contributed by atoms with van der Waals surface area (Å²) in [5.41, 5.74) is 3.79. The third-order valence-electron chi connectivity index (χ3n) is 11.0. The first-order valence-electron chi connectivity index (χ1n) is 18.6. The van der Waals surface area contributed by atoms with Crippen LogP contribution in [0.2, 0.25) is 0 Å². The average Bonchev–Trinajstić information content (AvgIpc) is 3.66. The lowest BCUT2D eigenvalue weighted by molar-refractivity contribution is -0.118. The van der Waals surface area contributed by atoms with E-state index < -0.39 is 34.6 Å². The zero-order valence-corrected chi connectivity index (χ0v) is 33.3. The van der Waals surface area contributed by atoms with Crippen molar-refractivity contribution in [3.63, 3.8) is 0 Å². The quantitative estimate of drug-likeness (QED) is 0.136. The third kappa shape index (κ3) is 8.80. The molecule has 16 heteroatoms. The molecule has 0 aliphatic carbocycles. The Morgan fingerprint density at radius 2 is 1.44 bits per heavy atom. The number of hydrogen-bond acceptors (Lipinski definition) is 10. The Hall–Kier alpha value is -4.17. The molecule has 2 aromatic rings. The number of Topliss-reactive ketones (excluding diaryl/α,β-unsaturated/α-hetero) is 1. The predicted octanol–water partition coefficient (Wildman–Crippen LogP) is 4.70. The third-order valence-corrected chi connectivity index (χ3v) is 14.9. The number of ketones is 1. The zero-order chi connectivity index (χ0) is 39.7. The molecule has 4 heterocycles. The van der Waals surface area contributed by atoms with Crippen LogP contribution in [0.1, 0.15) is 70.9 Å². The highest BCUT2D eigenvalue weighted by molar-refractivity contribution is 7.86. The maximum Gasteiger partial charge on any atom is 0.270 e. The van der Waals surface area contributed by atoms with Crippen LogP contribution in [0.5, 0.6) is 23.0 Å². The van der Waals surface area contributed by atoms with Crippen LogP contribution in [-0.4, -0.2) is 117 Å². The predicted molar refractivity (Wildman–Crippen MR) is 207 cm³/mol. The van der Waals surface area contributed by atoms with Gasteiger partial charge in [-0.25, -0.2) is 0 Å². The number of ether oxygens (including phenoxy) is 4. The molecule has 55 heavy (non-hydrogen) atoms. The molecule has 0 bridgehead atoms. The van der Waals surface area contributed by atoms with Gasteiger partial charge in [0.1, 0.15) is 11.0 Å². The lowest BCUT2D eigenvalue weighted by atomic mass is 9.99. The van der Waals surface area contributed by atoms with Crippen LogP contribution in [0.3, 0.4) is 0 Å². The summed E-state index contributed by atoms with van der Waals surface area (Å²) in [6.45, 7) is 10.7. The number of nitrogens with zero attached hydrogens (tertiary/aromatic N) is 2. The van der Waals surface area contributed by atoms with E-state index >= 15 is 0 Å². The molecule has 4 atom stereocenters. The fraction of sp³-hybridized carbons (Fsp3) is 0.513. The molecule has 0 spiro atoms. The van der Waals surface area contributed by atoms with Crippen molar-refractivity contribution in [3.8, 4) is 23.0 Å². The minimum atomic E-state index is -4.54. The molecule has 14 nitrogen and oxygen atoms in total. The first kappa shape index (κ1) is 40.5. The molecule has 0 radical (unpaired) electrons. The summed E-state index contributed by atoms with van der Waals surface area (Å²) in [4.78, 5) is 42.5. The molecule has 6 rings (SSSR count). The second kappa shape index (κ2) is 16.5. The number of rotatable bonds is 16. The van der Waals surface area contributed by atoms with Crippen molar-refractivity contribution < 1.29 is 50.9 Å². The Morgan fingerprint density at radius 3 is 2.04 bits per heavy atom. The van der Waals surface area contributed by atoms with Gasteiger partial charge in [0.2, 0.25) is 0 Å². The van der Waals surface area contributed by atoms with Gasteiger partial charge < -0.3 is 33.3 Å². The van der Waals surface area contributed by atoms with Gasteiger partial charge in [-0.1, -0.05) is 31.2 Å². The van der Waals surface area contributed by atoms with E-state index in [-0.39, 0.29) is 92.7 Å². The van der Waals surface area contributed by atoms with E-state index in [0.717, 1.165) is 24.0 Å². The molecule has 2 unspecified atom stereocenters. The Bertz CT molecular complexity index is 2050. The number of aryl methyl sites for hydroxylation is 1. The fourth-order valence-corrected chi connectivity index (χ4v) is 10.9. The lowest BCUT2D eigenvalue weighted by Gasteiger charge is -2.26. The van der Waals surface area contributed by atoms with Gasteiger partial charge in [-0.2, -0.15) is 8.42 Å². The summed E-state index contributed by atoms with van der Waals surface area (Å²) in [6.07, 6.45) is 3.10. The highest BCUT2D eigenvalue weighted by Gasteiger charge is 2.46. The average molecular weight is 800 g/mol. The van der Waals surface area contributed by atoms with Gasteiger partial charge >= 0.3 is 0 Å². The van der Waals surface area contributed by atoms with Gasteiger partial charge in [-0.05, 0) is 67.5 Å². The minimum absolute atomic E-state index is 0.0258. The van der Waals surface area contributed by atoms with Crippen LogP contribution in [0, 0.1) is 0 Å². The molecule has 4 aliphatic rings. The van der Waals surface area contributed by atoms with E-state index in [1.54, 1.807) is 19.1 Å². The highest BCUT2D eigenvalue weighted by atomic mass is 32.2. The van der Waals surface area contributed by atoms with Crippen molar-refractivity contribution in [2.75, 3.05) is 59.4 Å². The van der Waals surface area contributed by atoms with Crippen LogP contribution in [-0.2, 0) is 32.3 Å². The zero-order valence-electron chi connectivity index (χ0n) is 31.6. The van der Waals surface area contributed by atoms with E-state index in [1.165, 1.54) is 25.2 Å². The number of methoxy groups -OCH3 is 2. The second-order valence-electron chi connectivity index (χ2n) is 14.7. The first-order valence-corrected chi connectivity index (χ1v) is 22.2. The Labute approximate surface area is 322 Å². The molecule has 2 N–H and O–H groups in total. The molecule has 0 aromatic heterocycles. The van der Waals surface area contributed by atoms with Crippen molar-refractivity contribution in [3.05, 3.63) is 70.8 Å². The van der Waals surface area contributed by atoms with Crippen LogP contribution >= 0.6 is 7.29 Å². The Balaban J connectivity index is 1.17. The van der Waals surface area contributed by atoms with Crippen LogP contribution in [0.4, 0.5) is 0 Å². The van der Waals surface area contributed by atoms with Gasteiger partial charge in [0.25, 0.3) is 21.9 Å². The standard InChI is InChI=1S/C39H50N3O11PS/c1-6-29(43)9-10-40-54(46,13-11-52-35-17-26-7-8-28-15-24(2)22-41(28)38(44)30(26)20-33(35)50-4)14-12-53-36-18-27-19-37(55(47,48)49)32-16-25(3)23-42(32)39(45)31(27)21-34(36)51-5/h17-18,20-21,28,32,37H,2-3,6-16,19,22-23H2,1,4-5H3,(H,40,46)(H,47,48,49)/t28-,32+,37?,54?/m1/s1. The second-order valence-corrected chi connectivity index (χ2v) is 19.3. The topological polar surface area (TPSA) is 178 Å². The maximum absolute atomic E-state index is 14.4. The maximum atomic E-state index is 14.4. The van der Waals surface area contributed by atoms with Crippen molar-refractivity contribution in [2.45, 2.75) is 69.2 Å². The van der Waals surface area contributed by atoms with Crippen LogP contribution in [0.15, 0.2) is 48.6 Å². The van der Waals surface area contributed by atoms with Gasteiger partial charge in [-0.3, -0.25) is 24.0 Å². The molecule has 2 fully saturated rings. The normalized spacial score (nSPS) is 21.9. The molecule has 2 amide bonds. The molecule has 4 aliphatic heterocycles. The molecule has 2 saturated heterocycles. The molecule has 0 saturated carbocycles. The number of fused-ring (bicyclic) bond motifs is 4. The monoisotopic (exact) mass is 799 g/mol. The van der Waals surface area contributed by atoms with E-state index in [2.05, 4.69) is 18.2 Å². The summed E-state index contributed by atoms with van der Waals surface area (Å²) in [7, 11) is -4.86. The smallest absolute Gasteiger partial charge is 0.270 e. The Kier molecular flexibility index (Phi) is 12.2. The minimum Gasteiger partial charge on any atom is -0.493 e. The van der Waals surface area contributed by atoms with Gasteiger partial charge in [0, 0.05) is 62.0 Å². The first-order chi connectivity index (χ1) is 26.1. The number of nitrogens with one attached hydrogen (secondary N) is 1. The lowest BCUT2D eigenvalue weighted by Crippen LogP contribution is -2.44. The largest absolute Gasteiger partial charge is 0.493 e. The summed E-state index contributed by atoms with van der Waals surface area (Å²) in [6, 6.07) is 5.93. The van der Waals surface area contributed by atoms with Crippen molar-refractivity contribution in [2.24, 2.45) is 0 Å². The number of hydrogen-bond donors (Lipinski definition) is 2. The fourth-order valence-electron chi connectivity index (χ4n) is 8.02. The molecule has 298 valence electrons. The van der Waals surface area contributed by atoms with Gasteiger partial charge in [0.15, 0.2) is 30.3 Å². The van der Waals surface area contributed by atoms with Crippen molar-refractivity contribution in [1.82, 2.24) is 14.9 Å². The van der Waals surface area contributed by atoms with E-state index in [9.17, 15) is 31.9 Å².